The average Bonchev–Trinajstić information content (AvgIpc) is 3.37. The predicted octanol–water partition coefficient (Wildman–Crippen LogP) is 3.01. The highest BCUT2D eigenvalue weighted by molar-refractivity contribution is 7.98. The normalized spacial score (nSPS) is 19.8. The zero-order valence-electron chi connectivity index (χ0n) is 12.7. The van der Waals surface area contributed by atoms with Crippen LogP contribution in [-0.2, 0) is 0 Å². The van der Waals surface area contributed by atoms with Gasteiger partial charge in [0.2, 0.25) is 0 Å². The van der Waals surface area contributed by atoms with Crippen molar-refractivity contribution in [2.45, 2.75) is 36.6 Å². The average molecular weight is 304 g/mol. The Morgan fingerprint density at radius 2 is 1.86 bits per heavy atom. The maximum absolute atomic E-state index is 12.5. The molecule has 0 atom stereocenters. The van der Waals surface area contributed by atoms with Crippen LogP contribution < -0.4 is 5.32 Å². The van der Waals surface area contributed by atoms with Crippen molar-refractivity contribution in [3.63, 3.8) is 0 Å². The summed E-state index contributed by atoms with van der Waals surface area (Å²) in [5.41, 5.74) is 0.817. The topological polar surface area (TPSA) is 32.3 Å². The molecule has 0 aromatic heterocycles. The Morgan fingerprint density at radius 3 is 2.43 bits per heavy atom. The summed E-state index contributed by atoms with van der Waals surface area (Å²) in [6.07, 6.45) is 7.02. The van der Waals surface area contributed by atoms with Crippen molar-refractivity contribution < 1.29 is 4.79 Å². The molecule has 114 valence electrons. The smallest absolute Gasteiger partial charge is 0.253 e. The van der Waals surface area contributed by atoms with E-state index in [1.807, 2.05) is 29.2 Å². The summed E-state index contributed by atoms with van der Waals surface area (Å²) in [6, 6.07) is 8.56. The van der Waals surface area contributed by atoms with Crippen LogP contribution in [0, 0.1) is 5.92 Å². The van der Waals surface area contributed by atoms with Crippen molar-refractivity contribution in [2.75, 3.05) is 25.9 Å². The van der Waals surface area contributed by atoms with Gasteiger partial charge in [-0.25, -0.2) is 0 Å². The lowest BCUT2D eigenvalue weighted by atomic mass is 10.0. The Labute approximate surface area is 131 Å². The molecule has 1 saturated heterocycles. The summed E-state index contributed by atoms with van der Waals surface area (Å²) >= 11 is 1.70. The third-order valence-electron chi connectivity index (χ3n) is 4.51. The number of amides is 1. The molecule has 0 radical (unpaired) electrons. The van der Waals surface area contributed by atoms with Crippen molar-refractivity contribution in [3.8, 4) is 0 Å². The number of thioether (sulfide) groups is 1. The van der Waals surface area contributed by atoms with E-state index in [0.717, 1.165) is 37.4 Å². The summed E-state index contributed by atoms with van der Waals surface area (Å²) in [5, 5.41) is 3.66. The van der Waals surface area contributed by atoms with Gasteiger partial charge in [-0.3, -0.25) is 4.79 Å². The molecule has 3 rings (SSSR count). The van der Waals surface area contributed by atoms with Gasteiger partial charge in [-0.15, -0.1) is 11.8 Å². The molecule has 4 heteroatoms. The molecule has 1 aliphatic carbocycles. The molecular weight excluding hydrogens is 280 g/mol. The molecule has 1 saturated carbocycles. The van der Waals surface area contributed by atoms with Gasteiger partial charge in [-0.1, -0.05) is 0 Å². The van der Waals surface area contributed by atoms with Crippen LogP contribution in [0.2, 0.25) is 0 Å². The van der Waals surface area contributed by atoms with Gasteiger partial charge in [0.05, 0.1) is 0 Å². The van der Waals surface area contributed by atoms with Crippen LogP contribution in [0.25, 0.3) is 0 Å². The molecule has 2 aliphatic rings. The second-order valence-corrected chi connectivity index (χ2v) is 7.03. The summed E-state index contributed by atoms with van der Waals surface area (Å²) < 4.78 is 0. The number of likely N-dealkylation sites (tertiary alicyclic amines) is 1. The second-order valence-electron chi connectivity index (χ2n) is 6.15. The standard InChI is InChI=1S/C17H24N2OS/c1-21-16-6-4-14(5-7-16)17(20)19-10-8-15(9-11-19)18-12-13-2-3-13/h4-7,13,15,18H,2-3,8-12H2,1H3. The highest BCUT2D eigenvalue weighted by Crippen LogP contribution is 2.28. The SMILES string of the molecule is CSc1ccc(C(=O)N2CCC(NCC3CC3)CC2)cc1. The second kappa shape index (κ2) is 6.84. The van der Waals surface area contributed by atoms with E-state index in [0.29, 0.717) is 6.04 Å². The van der Waals surface area contributed by atoms with Crippen LogP contribution in [-0.4, -0.2) is 42.7 Å². The van der Waals surface area contributed by atoms with Crippen LogP contribution in [0.15, 0.2) is 29.2 Å². The highest BCUT2D eigenvalue weighted by Gasteiger charge is 2.26. The number of piperidine rings is 1. The molecule has 0 unspecified atom stereocenters. The lowest BCUT2D eigenvalue weighted by molar-refractivity contribution is 0.0705. The first-order chi connectivity index (χ1) is 10.3. The van der Waals surface area contributed by atoms with E-state index in [1.54, 1.807) is 11.8 Å². The molecule has 3 nitrogen and oxygen atoms in total. The first-order valence-corrected chi connectivity index (χ1v) is 9.15. The van der Waals surface area contributed by atoms with Crippen LogP contribution in [0.4, 0.5) is 0 Å². The van der Waals surface area contributed by atoms with Crippen molar-refractivity contribution >= 4 is 17.7 Å². The lowest BCUT2D eigenvalue weighted by Crippen LogP contribution is -2.45. The fraction of sp³-hybridized carbons (Fsp3) is 0.588. The summed E-state index contributed by atoms with van der Waals surface area (Å²) in [6.45, 7) is 2.94. The van der Waals surface area contributed by atoms with Crippen molar-refractivity contribution in [1.82, 2.24) is 10.2 Å². The van der Waals surface area contributed by atoms with Gasteiger partial charge in [0.1, 0.15) is 0 Å². The zero-order valence-corrected chi connectivity index (χ0v) is 13.5. The maximum Gasteiger partial charge on any atom is 0.253 e. The van der Waals surface area contributed by atoms with Crippen LogP contribution >= 0.6 is 11.8 Å². The largest absolute Gasteiger partial charge is 0.339 e. The zero-order chi connectivity index (χ0) is 14.7. The van der Waals surface area contributed by atoms with Gasteiger partial charge in [0.15, 0.2) is 0 Å². The fourth-order valence-corrected chi connectivity index (χ4v) is 3.27. The number of rotatable bonds is 5. The van der Waals surface area contributed by atoms with Crippen molar-refractivity contribution in [3.05, 3.63) is 29.8 Å². The fourth-order valence-electron chi connectivity index (χ4n) is 2.86. The first-order valence-electron chi connectivity index (χ1n) is 7.93. The minimum atomic E-state index is 0.184. The highest BCUT2D eigenvalue weighted by atomic mass is 32.2. The molecule has 0 bridgehead atoms. The quantitative estimate of drug-likeness (QED) is 0.849. The minimum absolute atomic E-state index is 0.184. The number of hydrogen-bond donors (Lipinski definition) is 1. The lowest BCUT2D eigenvalue weighted by Gasteiger charge is -2.32. The van der Waals surface area contributed by atoms with Gasteiger partial charge in [0, 0.05) is 29.6 Å². The van der Waals surface area contributed by atoms with E-state index in [2.05, 4.69) is 11.6 Å². The van der Waals surface area contributed by atoms with E-state index >= 15 is 0 Å². The van der Waals surface area contributed by atoms with Crippen molar-refractivity contribution in [2.24, 2.45) is 5.92 Å². The molecule has 1 aromatic rings. The number of benzene rings is 1. The van der Waals surface area contributed by atoms with Gasteiger partial charge in [-0.2, -0.15) is 0 Å². The molecule has 1 aliphatic heterocycles. The summed E-state index contributed by atoms with van der Waals surface area (Å²) in [5.74, 6) is 1.11. The molecule has 1 heterocycles. The van der Waals surface area contributed by atoms with E-state index in [4.69, 9.17) is 0 Å². The van der Waals surface area contributed by atoms with Crippen LogP contribution in [0.5, 0.6) is 0 Å². The first kappa shape index (κ1) is 14.9. The molecule has 1 N–H and O–H groups in total. The monoisotopic (exact) mass is 304 g/mol. The van der Waals surface area contributed by atoms with Gasteiger partial charge < -0.3 is 10.2 Å². The Hall–Kier alpha value is -1.00. The maximum atomic E-state index is 12.5. The summed E-state index contributed by atoms with van der Waals surface area (Å²) in [7, 11) is 0. The number of nitrogens with one attached hydrogen (secondary N) is 1. The van der Waals surface area contributed by atoms with Crippen molar-refractivity contribution in [1.29, 1.82) is 0 Å². The molecule has 21 heavy (non-hydrogen) atoms. The molecule has 2 fully saturated rings. The Balaban J connectivity index is 1.49. The van der Waals surface area contributed by atoms with Crippen LogP contribution in [0.3, 0.4) is 0 Å². The van der Waals surface area contributed by atoms with E-state index in [9.17, 15) is 4.79 Å². The third kappa shape index (κ3) is 4.01. The number of carbonyl (C=O) groups is 1. The van der Waals surface area contributed by atoms with Gasteiger partial charge in [-0.05, 0) is 68.7 Å². The Bertz CT molecular complexity index is 476. The van der Waals surface area contributed by atoms with Gasteiger partial charge in [0.25, 0.3) is 5.91 Å². The summed E-state index contributed by atoms with van der Waals surface area (Å²) in [4.78, 5) is 15.7. The minimum Gasteiger partial charge on any atom is -0.339 e. The van der Waals surface area contributed by atoms with Crippen LogP contribution in [0.1, 0.15) is 36.0 Å². The predicted molar refractivity (Wildman–Crippen MR) is 87.9 cm³/mol. The van der Waals surface area contributed by atoms with E-state index < -0.39 is 0 Å². The molecule has 0 spiro atoms. The van der Waals surface area contributed by atoms with E-state index in [-0.39, 0.29) is 5.91 Å². The third-order valence-corrected chi connectivity index (χ3v) is 5.25. The number of nitrogens with zero attached hydrogens (tertiary/aromatic N) is 1. The van der Waals surface area contributed by atoms with E-state index in [1.165, 1.54) is 24.3 Å². The molecule has 1 aromatic carbocycles. The Kier molecular flexibility index (Phi) is 4.86. The Morgan fingerprint density at radius 1 is 1.19 bits per heavy atom. The molecular formula is C17H24N2OS. The number of carbonyl (C=O) groups excluding carboxylic acids is 1. The van der Waals surface area contributed by atoms with Gasteiger partial charge >= 0.3 is 0 Å². The molecule has 1 amide bonds. The number of hydrogen-bond acceptors (Lipinski definition) is 3.